The van der Waals surface area contributed by atoms with Crippen molar-refractivity contribution in [2.45, 2.75) is 42.7 Å². The van der Waals surface area contributed by atoms with E-state index in [1.165, 1.54) is 21.6 Å². The smallest absolute Gasteiger partial charge is 0.147 e. The molecule has 2 saturated heterocycles. The van der Waals surface area contributed by atoms with Crippen LogP contribution >= 0.6 is 33.8 Å². The highest BCUT2D eigenvalue weighted by Crippen LogP contribution is 2.37. The Labute approximate surface area is 130 Å². The summed E-state index contributed by atoms with van der Waals surface area (Å²) in [6.07, 6.45) is -2.48. The molecule has 2 aliphatic heterocycles. The van der Waals surface area contributed by atoms with Gasteiger partial charge >= 0.3 is 0 Å². The minimum Gasteiger partial charge on any atom is -0.394 e. The molecule has 0 spiro atoms. The highest BCUT2D eigenvalue weighted by Gasteiger charge is 2.44. The van der Waals surface area contributed by atoms with Crippen LogP contribution in [0.15, 0.2) is 0 Å². The molecule has 0 radical (unpaired) electrons. The van der Waals surface area contributed by atoms with E-state index in [-0.39, 0.29) is 0 Å². The summed E-state index contributed by atoms with van der Waals surface area (Å²) >= 11 is 5.30. The number of ether oxygens (including phenoxy) is 1. The lowest BCUT2D eigenvalue weighted by atomic mass is 10.0. The van der Waals surface area contributed by atoms with Gasteiger partial charge in [0.25, 0.3) is 0 Å². The maximum absolute atomic E-state index is 9.89. The average molecular weight is 341 g/mol. The molecule has 6 nitrogen and oxygen atoms in total. The van der Waals surface area contributed by atoms with E-state index in [1.54, 1.807) is 0 Å². The Morgan fingerprint density at radius 1 is 1.15 bits per heavy atom. The second kappa shape index (κ2) is 7.59. The minimum absolute atomic E-state index is 0.413. The van der Waals surface area contributed by atoms with Crippen molar-refractivity contribution in [1.29, 1.82) is 0 Å². The normalized spacial score (nSPS) is 38.2. The predicted molar refractivity (Wildman–Crippen MR) is 82.4 cm³/mol. The predicted octanol–water partition coefficient (Wildman–Crippen LogP) is -0.452. The van der Waals surface area contributed by atoms with Gasteiger partial charge in [-0.1, -0.05) is 23.0 Å². The zero-order valence-electron chi connectivity index (χ0n) is 10.8. The highest BCUT2D eigenvalue weighted by molar-refractivity contribution is 8.83. The van der Waals surface area contributed by atoms with Crippen molar-refractivity contribution >= 4 is 38.1 Å². The van der Waals surface area contributed by atoms with Gasteiger partial charge in [-0.25, -0.2) is 0 Å². The molecular formula is C11H19NO5S3. The molecule has 0 saturated carbocycles. The first-order valence-electron chi connectivity index (χ1n) is 6.47. The lowest BCUT2D eigenvalue weighted by Crippen LogP contribution is -2.57. The summed E-state index contributed by atoms with van der Waals surface area (Å²) in [6.45, 7) is 1.48. The molecule has 4 N–H and O–H groups in total. The van der Waals surface area contributed by atoms with Gasteiger partial charge in [-0.2, -0.15) is 0 Å². The quantitative estimate of drug-likeness (QED) is 0.402. The molecule has 2 rings (SSSR count). The molecule has 9 heteroatoms. The van der Waals surface area contributed by atoms with E-state index in [9.17, 15) is 15.3 Å². The molecule has 0 aromatic carbocycles. The number of hydrogen-bond acceptors (Lipinski definition) is 8. The first-order chi connectivity index (χ1) is 9.54. The third-order valence-corrected chi connectivity index (χ3v) is 6.66. The fourth-order valence-electron chi connectivity index (χ4n) is 2.19. The van der Waals surface area contributed by atoms with Gasteiger partial charge in [-0.15, -0.1) is 0 Å². The Balaban J connectivity index is 1.86. The number of thiocarbonyl (C=S) groups is 1. The van der Waals surface area contributed by atoms with E-state index in [4.69, 9.17) is 22.1 Å². The number of nitrogens with zero attached hydrogens (tertiary/aromatic N) is 1. The number of rotatable bonds is 3. The monoisotopic (exact) mass is 341 g/mol. The maximum Gasteiger partial charge on any atom is 0.147 e. The SMILES string of the molecule is OCC1O[C@@H](SSC(=S)N2CCCC2)C(O)C(O)[C@@H]1O. The summed E-state index contributed by atoms with van der Waals surface area (Å²) in [6, 6.07) is 0. The van der Waals surface area contributed by atoms with E-state index >= 15 is 0 Å². The fourth-order valence-corrected chi connectivity index (χ4v) is 4.98. The van der Waals surface area contributed by atoms with Crippen LogP contribution in [0.4, 0.5) is 0 Å². The Bertz CT molecular complexity index is 340. The first-order valence-corrected chi connectivity index (χ1v) is 9.09. The van der Waals surface area contributed by atoms with E-state index in [0.29, 0.717) is 0 Å². The summed E-state index contributed by atoms with van der Waals surface area (Å²) in [4.78, 5) is 2.09. The van der Waals surface area contributed by atoms with Crippen molar-refractivity contribution in [3.05, 3.63) is 0 Å². The van der Waals surface area contributed by atoms with E-state index in [0.717, 1.165) is 30.3 Å². The van der Waals surface area contributed by atoms with Crippen LogP contribution < -0.4 is 0 Å². The fraction of sp³-hybridized carbons (Fsp3) is 0.909. The maximum atomic E-state index is 9.89. The Morgan fingerprint density at radius 3 is 2.40 bits per heavy atom. The van der Waals surface area contributed by atoms with Crippen LogP contribution in [0.3, 0.4) is 0 Å². The second-order valence-electron chi connectivity index (χ2n) is 4.84. The van der Waals surface area contributed by atoms with Gasteiger partial charge in [0.1, 0.15) is 34.2 Å². The molecule has 20 heavy (non-hydrogen) atoms. The van der Waals surface area contributed by atoms with Gasteiger partial charge in [-0.05, 0) is 23.6 Å². The topological polar surface area (TPSA) is 93.4 Å². The van der Waals surface area contributed by atoms with Crippen LogP contribution in [0.2, 0.25) is 0 Å². The summed E-state index contributed by atoms with van der Waals surface area (Å²) in [5.41, 5.74) is -0.740. The molecule has 2 fully saturated rings. The average Bonchev–Trinajstić information content (AvgIpc) is 2.98. The van der Waals surface area contributed by atoms with E-state index in [2.05, 4.69) is 4.90 Å². The summed E-state index contributed by atoms with van der Waals surface area (Å²) in [7, 11) is 2.52. The van der Waals surface area contributed by atoms with Gasteiger partial charge < -0.3 is 30.1 Å². The van der Waals surface area contributed by atoms with Crippen LogP contribution in [-0.4, -0.2) is 79.2 Å². The Hall–Kier alpha value is 0.390. The summed E-state index contributed by atoms with van der Waals surface area (Å²) in [5, 5.41) is 38.4. The van der Waals surface area contributed by atoms with Crippen LogP contribution in [0, 0.1) is 0 Å². The van der Waals surface area contributed by atoms with Crippen molar-refractivity contribution in [3.63, 3.8) is 0 Å². The van der Waals surface area contributed by atoms with Gasteiger partial charge in [0.2, 0.25) is 0 Å². The van der Waals surface area contributed by atoms with Crippen LogP contribution in [-0.2, 0) is 4.74 Å². The lowest BCUT2D eigenvalue weighted by molar-refractivity contribution is -0.205. The molecule has 2 aliphatic rings. The molecule has 3 unspecified atom stereocenters. The molecule has 2 heterocycles. The van der Waals surface area contributed by atoms with Crippen LogP contribution in [0.25, 0.3) is 0 Å². The largest absolute Gasteiger partial charge is 0.394 e. The Kier molecular flexibility index (Phi) is 6.36. The van der Waals surface area contributed by atoms with Gasteiger partial charge in [0, 0.05) is 13.1 Å². The zero-order chi connectivity index (χ0) is 14.7. The van der Waals surface area contributed by atoms with Gasteiger partial charge in [0.15, 0.2) is 0 Å². The highest BCUT2D eigenvalue weighted by atomic mass is 33.1. The summed E-state index contributed by atoms with van der Waals surface area (Å²) in [5.74, 6) is 0. The van der Waals surface area contributed by atoms with Crippen molar-refractivity contribution in [3.8, 4) is 0 Å². The first kappa shape index (κ1) is 16.8. The number of hydrogen-bond donors (Lipinski definition) is 4. The lowest BCUT2D eigenvalue weighted by Gasteiger charge is -2.39. The van der Waals surface area contributed by atoms with Crippen LogP contribution in [0.1, 0.15) is 12.8 Å². The number of aliphatic hydroxyl groups is 4. The van der Waals surface area contributed by atoms with Crippen molar-refractivity contribution in [2.24, 2.45) is 0 Å². The van der Waals surface area contributed by atoms with Gasteiger partial charge in [-0.3, -0.25) is 0 Å². The third kappa shape index (κ3) is 3.77. The molecule has 0 amide bonds. The molecule has 0 aromatic rings. The Morgan fingerprint density at radius 2 is 1.80 bits per heavy atom. The third-order valence-electron chi connectivity index (χ3n) is 3.43. The van der Waals surface area contributed by atoms with E-state index < -0.39 is 36.5 Å². The summed E-state index contributed by atoms with van der Waals surface area (Å²) < 4.78 is 6.12. The van der Waals surface area contributed by atoms with E-state index in [1.807, 2.05) is 0 Å². The van der Waals surface area contributed by atoms with Crippen molar-refractivity contribution in [1.82, 2.24) is 4.90 Å². The number of aliphatic hydroxyl groups excluding tert-OH is 4. The zero-order valence-corrected chi connectivity index (χ0v) is 13.2. The minimum atomic E-state index is -1.33. The van der Waals surface area contributed by atoms with Crippen molar-refractivity contribution < 1.29 is 25.2 Å². The second-order valence-corrected chi connectivity index (χ2v) is 7.77. The molecule has 0 aliphatic carbocycles. The number of likely N-dealkylation sites (tertiary alicyclic amines) is 1. The van der Waals surface area contributed by atoms with Crippen LogP contribution in [0.5, 0.6) is 0 Å². The van der Waals surface area contributed by atoms with Gasteiger partial charge in [0.05, 0.1) is 6.61 Å². The van der Waals surface area contributed by atoms with Crippen molar-refractivity contribution in [2.75, 3.05) is 19.7 Å². The molecule has 116 valence electrons. The molecular weight excluding hydrogens is 322 g/mol. The molecule has 5 atom stereocenters. The molecule has 0 aromatic heterocycles. The molecule has 0 bridgehead atoms. The standard InChI is InChI=1S/C11H19NO5S3/c13-5-6-7(14)8(15)9(16)10(17-6)19-20-11(18)12-3-1-2-4-12/h6-10,13-16H,1-5H2/t6?,7-,8?,9?,10+/m1/s1.